The number of likely N-dealkylation sites (tertiary alicyclic amines) is 1. The molecule has 0 spiro atoms. The van der Waals surface area contributed by atoms with Crippen LogP contribution in [0.25, 0.3) is 0 Å². The van der Waals surface area contributed by atoms with E-state index in [1.54, 1.807) is 6.20 Å². The van der Waals surface area contributed by atoms with Crippen molar-refractivity contribution < 1.29 is 9.53 Å². The van der Waals surface area contributed by atoms with Gasteiger partial charge in [-0.25, -0.2) is 9.78 Å². The van der Waals surface area contributed by atoms with Crippen LogP contribution in [0.15, 0.2) is 12.5 Å². The number of ether oxygens (including phenoxy) is 1. The lowest BCUT2D eigenvalue weighted by atomic mass is 9.92. The molecular weight excluding hydrogens is 244 g/mol. The molecule has 0 saturated carbocycles. The maximum Gasteiger partial charge on any atom is 0.322 e. The number of hydrogen-bond acceptors (Lipinski definition) is 4. The van der Waals surface area contributed by atoms with Crippen LogP contribution in [-0.4, -0.2) is 41.1 Å². The molecule has 1 N–H and O–H groups in total. The highest BCUT2D eigenvalue weighted by atomic mass is 16.5. The minimum absolute atomic E-state index is 0.119. The highest BCUT2D eigenvalue weighted by Gasteiger charge is 2.25. The lowest BCUT2D eigenvalue weighted by molar-refractivity contribution is 0.156. The van der Waals surface area contributed by atoms with E-state index in [0.29, 0.717) is 23.4 Å². The van der Waals surface area contributed by atoms with Crippen molar-refractivity contribution in [2.45, 2.75) is 20.3 Å². The molecule has 1 aliphatic rings. The normalized spacial score (nSPS) is 23.0. The van der Waals surface area contributed by atoms with Gasteiger partial charge >= 0.3 is 6.03 Å². The second-order valence-corrected chi connectivity index (χ2v) is 5.23. The fourth-order valence-corrected chi connectivity index (χ4v) is 2.59. The number of amides is 2. The molecule has 1 aromatic heterocycles. The van der Waals surface area contributed by atoms with Crippen molar-refractivity contribution in [2.75, 3.05) is 25.5 Å². The summed E-state index contributed by atoms with van der Waals surface area (Å²) in [4.78, 5) is 21.9. The Morgan fingerprint density at radius 1 is 1.42 bits per heavy atom. The Morgan fingerprint density at radius 2 is 2.11 bits per heavy atom. The molecule has 6 nitrogen and oxygen atoms in total. The third kappa shape index (κ3) is 3.33. The molecule has 0 bridgehead atoms. The lowest BCUT2D eigenvalue weighted by Crippen LogP contribution is -2.44. The first-order chi connectivity index (χ1) is 9.10. The third-order valence-electron chi connectivity index (χ3n) is 3.27. The monoisotopic (exact) mass is 264 g/mol. The summed E-state index contributed by atoms with van der Waals surface area (Å²) in [7, 11) is 1.52. The molecule has 6 heteroatoms. The van der Waals surface area contributed by atoms with E-state index in [2.05, 4.69) is 29.1 Å². The molecule has 1 fully saturated rings. The van der Waals surface area contributed by atoms with Gasteiger partial charge in [0.15, 0.2) is 0 Å². The molecule has 19 heavy (non-hydrogen) atoms. The summed E-state index contributed by atoms with van der Waals surface area (Å²) < 4.78 is 5.09. The number of urea groups is 1. The van der Waals surface area contributed by atoms with Gasteiger partial charge in [0.1, 0.15) is 12.0 Å². The molecule has 0 unspecified atom stereocenters. The number of methoxy groups -OCH3 is 1. The van der Waals surface area contributed by atoms with Gasteiger partial charge in [-0.1, -0.05) is 13.8 Å². The molecule has 1 aliphatic heterocycles. The van der Waals surface area contributed by atoms with Crippen LogP contribution in [0, 0.1) is 11.8 Å². The quantitative estimate of drug-likeness (QED) is 0.887. The zero-order valence-electron chi connectivity index (χ0n) is 11.6. The zero-order valence-corrected chi connectivity index (χ0v) is 11.6. The van der Waals surface area contributed by atoms with E-state index in [1.165, 1.54) is 19.9 Å². The molecule has 2 rings (SSSR count). The standard InChI is InChI=1S/C13H20N4O2/c1-9-4-10(2)7-17(6-9)13(18)16-11-5-14-8-15-12(11)19-3/h5,8-10H,4,6-7H2,1-3H3,(H,16,18)/t9-,10+. The van der Waals surface area contributed by atoms with Crippen molar-refractivity contribution in [3.63, 3.8) is 0 Å². The second-order valence-electron chi connectivity index (χ2n) is 5.23. The van der Waals surface area contributed by atoms with Crippen LogP contribution in [0.2, 0.25) is 0 Å². The van der Waals surface area contributed by atoms with Gasteiger partial charge in [0.25, 0.3) is 0 Å². The first kappa shape index (κ1) is 13.6. The Bertz CT molecular complexity index is 442. The fraction of sp³-hybridized carbons (Fsp3) is 0.615. The largest absolute Gasteiger partial charge is 0.479 e. The number of carbonyl (C=O) groups excluding carboxylic acids is 1. The first-order valence-electron chi connectivity index (χ1n) is 6.50. The lowest BCUT2D eigenvalue weighted by Gasteiger charge is -2.34. The van der Waals surface area contributed by atoms with Crippen molar-refractivity contribution in [3.8, 4) is 5.88 Å². The Morgan fingerprint density at radius 3 is 2.74 bits per heavy atom. The van der Waals surface area contributed by atoms with Gasteiger partial charge < -0.3 is 15.0 Å². The average Bonchev–Trinajstić information content (AvgIpc) is 2.38. The molecule has 0 aromatic carbocycles. The van der Waals surface area contributed by atoms with Crippen LogP contribution in [-0.2, 0) is 0 Å². The number of anilines is 1. The predicted molar refractivity (Wildman–Crippen MR) is 72.1 cm³/mol. The van der Waals surface area contributed by atoms with Gasteiger partial charge in [-0.05, 0) is 18.3 Å². The Labute approximate surface area is 113 Å². The molecule has 104 valence electrons. The van der Waals surface area contributed by atoms with Crippen LogP contribution >= 0.6 is 0 Å². The number of carbonyl (C=O) groups is 1. The molecule has 2 atom stereocenters. The molecule has 0 radical (unpaired) electrons. The SMILES string of the molecule is COc1ncncc1NC(=O)N1C[C@H](C)C[C@H](C)C1. The average molecular weight is 264 g/mol. The van der Waals surface area contributed by atoms with Crippen LogP contribution in [0.1, 0.15) is 20.3 Å². The van der Waals surface area contributed by atoms with Crippen LogP contribution in [0.4, 0.5) is 10.5 Å². The third-order valence-corrected chi connectivity index (χ3v) is 3.27. The van der Waals surface area contributed by atoms with E-state index in [-0.39, 0.29) is 6.03 Å². The van der Waals surface area contributed by atoms with E-state index in [4.69, 9.17) is 4.74 Å². The summed E-state index contributed by atoms with van der Waals surface area (Å²) in [6.07, 6.45) is 4.10. The van der Waals surface area contributed by atoms with E-state index in [1.807, 2.05) is 4.90 Å². The smallest absolute Gasteiger partial charge is 0.322 e. The molecule has 0 aliphatic carbocycles. The van der Waals surface area contributed by atoms with Gasteiger partial charge in [0.2, 0.25) is 5.88 Å². The van der Waals surface area contributed by atoms with Gasteiger partial charge in [-0.15, -0.1) is 0 Å². The topological polar surface area (TPSA) is 67.4 Å². The van der Waals surface area contributed by atoms with Crippen molar-refractivity contribution in [2.24, 2.45) is 11.8 Å². The van der Waals surface area contributed by atoms with Crippen LogP contribution < -0.4 is 10.1 Å². The molecular formula is C13H20N4O2. The number of aromatic nitrogens is 2. The van der Waals surface area contributed by atoms with E-state index in [9.17, 15) is 4.79 Å². The first-order valence-corrected chi connectivity index (χ1v) is 6.50. The van der Waals surface area contributed by atoms with Crippen molar-refractivity contribution in [1.82, 2.24) is 14.9 Å². The van der Waals surface area contributed by atoms with E-state index in [0.717, 1.165) is 13.1 Å². The van der Waals surface area contributed by atoms with Gasteiger partial charge in [0.05, 0.1) is 13.3 Å². The zero-order chi connectivity index (χ0) is 13.8. The summed E-state index contributed by atoms with van der Waals surface area (Å²) in [5, 5.41) is 2.81. The minimum atomic E-state index is -0.119. The number of hydrogen-bond donors (Lipinski definition) is 1. The number of piperidine rings is 1. The maximum absolute atomic E-state index is 12.2. The molecule has 2 amide bonds. The number of rotatable bonds is 2. The summed E-state index contributed by atoms with van der Waals surface area (Å²) in [5.74, 6) is 1.44. The van der Waals surface area contributed by atoms with Gasteiger partial charge in [0, 0.05) is 13.1 Å². The number of nitrogens with zero attached hydrogens (tertiary/aromatic N) is 3. The summed E-state index contributed by atoms with van der Waals surface area (Å²) in [5.41, 5.74) is 0.501. The molecule has 1 saturated heterocycles. The Hall–Kier alpha value is -1.85. The van der Waals surface area contributed by atoms with Crippen molar-refractivity contribution in [3.05, 3.63) is 12.5 Å². The highest BCUT2D eigenvalue weighted by molar-refractivity contribution is 5.90. The Balaban J connectivity index is 2.04. The predicted octanol–water partition coefficient (Wildman–Crippen LogP) is 1.99. The van der Waals surface area contributed by atoms with Crippen LogP contribution in [0.5, 0.6) is 5.88 Å². The van der Waals surface area contributed by atoms with E-state index < -0.39 is 0 Å². The highest BCUT2D eigenvalue weighted by Crippen LogP contribution is 2.23. The fourth-order valence-electron chi connectivity index (χ4n) is 2.59. The van der Waals surface area contributed by atoms with Crippen molar-refractivity contribution >= 4 is 11.7 Å². The van der Waals surface area contributed by atoms with E-state index >= 15 is 0 Å². The summed E-state index contributed by atoms with van der Waals surface area (Å²) in [6, 6.07) is -0.119. The maximum atomic E-state index is 12.2. The minimum Gasteiger partial charge on any atom is -0.479 e. The number of nitrogens with one attached hydrogen (secondary N) is 1. The molecule has 2 heterocycles. The van der Waals surface area contributed by atoms with Gasteiger partial charge in [-0.3, -0.25) is 0 Å². The molecule has 1 aromatic rings. The van der Waals surface area contributed by atoms with Crippen molar-refractivity contribution in [1.29, 1.82) is 0 Å². The van der Waals surface area contributed by atoms with Crippen LogP contribution in [0.3, 0.4) is 0 Å². The second kappa shape index (κ2) is 5.86. The van der Waals surface area contributed by atoms with Gasteiger partial charge in [-0.2, -0.15) is 4.98 Å². The summed E-state index contributed by atoms with van der Waals surface area (Å²) in [6.45, 7) is 5.91. The Kier molecular flexibility index (Phi) is 4.19. The summed E-state index contributed by atoms with van der Waals surface area (Å²) >= 11 is 0.